The van der Waals surface area contributed by atoms with E-state index in [1.54, 1.807) is 23.9 Å². The minimum absolute atomic E-state index is 0.222. The molecule has 5 nitrogen and oxygen atoms in total. The van der Waals surface area contributed by atoms with E-state index in [9.17, 15) is 4.79 Å². The first-order valence-electron chi connectivity index (χ1n) is 6.49. The number of carbonyl (C=O) groups is 1. The van der Waals surface area contributed by atoms with Crippen molar-refractivity contribution in [2.45, 2.75) is 4.90 Å². The third kappa shape index (κ3) is 2.87. The van der Waals surface area contributed by atoms with Gasteiger partial charge in [-0.3, -0.25) is 0 Å². The average molecular weight is 312 g/mol. The summed E-state index contributed by atoms with van der Waals surface area (Å²) in [5, 5.41) is 12.8. The zero-order valence-electron chi connectivity index (χ0n) is 11.7. The van der Waals surface area contributed by atoms with Gasteiger partial charge in [-0.1, -0.05) is 17.3 Å². The first kappa shape index (κ1) is 14.3. The quantitative estimate of drug-likeness (QED) is 0.738. The molecule has 0 amide bonds. The first-order valence-corrected chi connectivity index (χ1v) is 7.72. The molecule has 0 radical (unpaired) electrons. The van der Waals surface area contributed by atoms with E-state index >= 15 is 0 Å². The largest absolute Gasteiger partial charge is 0.478 e. The van der Waals surface area contributed by atoms with Crippen LogP contribution in [0.2, 0.25) is 0 Å². The topological polar surface area (TPSA) is 76.2 Å². The van der Waals surface area contributed by atoms with Crippen LogP contribution in [0, 0.1) is 0 Å². The van der Waals surface area contributed by atoms with Gasteiger partial charge in [-0.25, -0.2) is 4.79 Å². The van der Waals surface area contributed by atoms with Crippen LogP contribution in [-0.4, -0.2) is 27.5 Å². The Morgan fingerprint density at radius 3 is 2.27 bits per heavy atom. The molecule has 1 heterocycles. The van der Waals surface area contributed by atoms with E-state index in [-0.39, 0.29) is 5.56 Å². The number of rotatable bonds is 4. The van der Waals surface area contributed by atoms with E-state index < -0.39 is 5.97 Å². The molecular weight excluding hydrogens is 300 g/mol. The zero-order valence-corrected chi connectivity index (χ0v) is 12.5. The van der Waals surface area contributed by atoms with Crippen LogP contribution in [0.4, 0.5) is 0 Å². The number of thioether (sulfide) groups is 1. The van der Waals surface area contributed by atoms with Crippen molar-refractivity contribution in [3.05, 3.63) is 54.1 Å². The van der Waals surface area contributed by atoms with Crippen molar-refractivity contribution in [2.24, 2.45) is 0 Å². The lowest BCUT2D eigenvalue weighted by Gasteiger charge is -1.97. The molecule has 0 bridgehead atoms. The molecule has 110 valence electrons. The molecule has 0 saturated carbocycles. The molecule has 0 saturated heterocycles. The van der Waals surface area contributed by atoms with Crippen molar-refractivity contribution in [1.29, 1.82) is 0 Å². The van der Waals surface area contributed by atoms with Crippen molar-refractivity contribution >= 4 is 17.7 Å². The highest BCUT2D eigenvalue weighted by Crippen LogP contribution is 2.24. The maximum absolute atomic E-state index is 10.8. The summed E-state index contributed by atoms with van der Waals surface area (Å²) in [6, 6.07) is 14.2. The Labute approximate surface area is 131 Å². The minimum atomic E-state index is -0.964. The summed E-state index contributed by atoms with van der Waals surface area (Å²) >= 11 is 1.66. The Hall–Kier alpha value is -2.60. The summed E-state index contributed by atoms with van der Waals surface area (Å²) in [6.45, 7) is 0. The van der Waals surface area contributed by atoms with Gasteiger partial charge >= 0.3 is 5.97 Å². The summed E-state index contributed by atoms with van der Waals surface area (Å²) < 4.78 is 5.27. The normalized spacial score (nSPS) is 10.6. The van der Waals surface area contributed by atoms with Crippen LogP contribution in [0.15, 0.2) is 57.9 Å². The highest BCUT2D eigenvalue weighted by atomic mass is 32.2. The van der Waals surface area contributed by atoms with Crippen LogP contribution < -0.4 is 0 Å². The van der Waals surface area contributed by atoms with E-state index in [4.69, 9.17) is 9.63 Å². The SMILES string of the molecule is CSc1ccc(-c2nc(-c3ccc(C(=O)O)cc3)no2)cc1. The van der Waals surface area contributed by atoms with Gasteiger partial charge in [0.2, 0.25) is 5.82 Å². The Morgan fingerprint density at radius 1 is 1.05 bits per heavy atom. The molecule has 6 heteroatoms. The second kappa shape index (κ2) is 6.03. The number of carboxylic acid groups (broad SMARTS) is 1. The number of nitrogens with zero attached hydrogens (tertiary/aromatic N) is 2. The third-order valence-corrected chi connectivity index (χ3v) is 3.90. The minimum Gasteiger partial charge on any atom is -0.478 e. The van der Waals surface area contributed by atoms with Gasteiger partial charge in [-0.15, -0.1) is 11.8 Å². The fraction of sp³-hybridized carbons (Fsp3) is 0.0625. The predicted octanol–water partition coefficient (Wildman–Crippen LogP) is 3.82. The lowest BCUT2D eigenvalue weighted by atomic mass is 10.1. The van der Waals surface area contributed by atoms with Crippen molar-refractivity contribution in [3.63, 3.8) is 0 Å². The van der Waals surface area contributed by atoms with Crippen LogP contribution in [-0.2, 0) is 0 Å². The summed E-state index contributed by atoms with van der Waals surface area (Å²) in [7, 11) is 0. The third-order valence-electron chi connectivity index (χ3n) is 3.15. The highest BCUT2D eigenvalue weighted by Gasteiger charge is 2.11. The second-order valence-electron chi connectivity index (χ2n) is 4.53. The molecule has 0 aliphatic rings. The molecule has 22 heavy (non-hydrogen) atoms. The van der Waals surface area contributed by atoms with Gasteiger partial charge in [0.1, 0.15) is 0 Å². The van der Waals surface area contributed by atoms with Gasteiger partial charge in [0.15, 0.2) is 0 Å². The number of aromatic carboxylic acids is 1. The maximum Gasteiger partial charge on any atom is 0.335 e. The van der Waals surface area contributed by atoms with Crippen LogP contribution in [0.1, 0.15) is 10.4 Å². The van der Waals surface area contributed by atoms with Crippen LogP contribution in [0.5, 0.6) is 0 Å². The standard InChI is InChI=1S/C16H12N2O3S/c1-22-13-8-6-11(7-9-13)15-17-14(18-21-15)10-2-4-12(5-3-10)16(19)20/h2-9H,1H3,(H,19,20). The number of carboxylic acids is 1. The molecule has 0 aliphatic heterocycles. The molecule has 0 fully saturated rings. The molecule has 3 rings (SSSR count). The molecule has 0 spiro atoms. The fourth-order valence-corrected chi connectivity index (χ4v) is 2.36. The Bertz CT molecular complexity index is 795. The first-order chi connectivity index (χ1) is 10.7. The summed E-state index contributed by atoms with van der Waals surface area (Å²) in [6.07, 6.45) is 2.01. The van der Waals surface area contributed by atoms with Crippen LogP contribution in [0.25, 0.3) is 22.8 Å². The van der Waals surface area contributed by atoms with Gasteiger partial charge < -0.3 is 9.63 Å². The molecule has 3 aromatic rings. The van der Waals surface area contributed by atoms with Gasteiger partial charge in [-0.2, -0.15) is 4.98 Å². The van der Waals surface area contributed by atoms with Gasteiger partial charge in [0, 0.05) is 16.0 Å². The van der Waals surface area contributed by atoms with Crippen LogP contribution in [0.3, 0.4) is 0 Å². The lowest BCUT2D eigenvalue weighted by Crippen LogP contribution is -1.95. The maximum atomic E-state index is 10.8. The Balaban J connectivity index is 1.87. The monoisotopic (exact) mass is 312 g/mol. The summed E-state index contributed by atoms with van der Waals surface area (Å²) in [4.78, 5) is 16.3. The summed E-state index contributed by atoms with van der Waals surface area (Å²) in [5.41, 5.74) is 1.78. The van der Waals surface area contributed by atoms with E-state index in [1.807, 2.05) is 30.5 Å². The van der Waals surface area contributed by atoms with Gasteiger partial charge in [-0.05, 0) is 42.7 Å². The number of hydrogen-bond acceptors (Lipinski definition) is 5. The average Bonchev–Trinajstić information content (AvgIpc) is 3.05. The second-order valence-corrected chi connectivity index (χ2v) is 5.41. The van der Waals surface area contributed by atoms with Gasteiger partial charge in [0.05, 0.1) is 5.56 Å². The molecule has 1 N–H and O–H groups in total. The Morgan fingerprint density at radius 2 is 1.68 bits per heavy atom. The number of benzene rings is 2. The van der Waals surface area contributed by atoms with Gasteiger partial charge in [0.25, 0.3) is 5.89 Å². The lowest BCUT2D eigenvalue weighted by molar-refractivity contribution is 0.0697. The van der Waals surface area contributed by atoms with E-state index in [1.165, 1.54) is 12.1 Å². The molecule has 1 aromatic heterocycles. The van der Waals surface area contributed by atoms with E-state index in [2.05, 4.69) is 10.1 Å². The Kier molecular flexibility index (Phi) is 3.93. The molecule has 2 aromatic carbocycles. The van der Waals surface area contributed by atoms with E-state index in [0.29, 0.717) is 17.3 Å². The summed E-state index contributed by atoms with van der Waals surface area (Å²) in [5.74, 6) is -0.0971. The van der Waals surface area contributed by atoms with Crippen molar-refractivity contribution < 1.29 is 14.4 Å². The highest BCUT2D eigenvalue weighted by molar-refractivity contribution is 7.98. The zero-order chi connectivity index (χ0) is 15.5. The van der Waals surface area contributed by atoms with E-state index in [0.717, 1.165) is 10.5 Å². The molecule has 0 aliphatic carbocycles. The fourth-order valence-electron chi connectivity index (χ4n) is 1.95. The molecule has 0 atom stereocenters. The number of aromatic nitrogens is 2. The predicted molar refractivity (Wildman–Crippen MR) is 83.9 cm³/mol. The molecule has 0 unspecified atom stereocenters. The van der Waals surface area contributed by atoms with Crippen LogP contribution >= 0.6 is 11.8 Å². The smallest absolute Gasteiger partial charge is 0.335 e. The van der Waals surface area contributed by atoms with Crippen molar-refractivity contribution in [3.8, 4) is 22.8 Å². The number of hydrogen-bond donors (Lipinski definition) is 1. The molecular formula is C16H12N2O3S. The van der Waals surface area contributed by atoms with Crippen molar-refractivity contribution in [1.82, 2.24) is 10.1 Å². The van der Waals surface area contributed by atoms with Crippen molar-refractivity contribution in [2.75, 3.05) is 6.26 Å².